The van der Waals surface area contributed by atoms with Crippen LogP contribution in [0.4, 0.5) is 0 Å². The van der Waals surface area contributed by atoms with Gasteiger partial charge in [0.1, 0.15) is 0 Å². The van der Waals surface area contributed by atoms with Crippen molar-refractivity contribution in [2.45, 2.75) is 26.7 Å². The normalized spacial score (nSPS) is 11.5. The molecule has 0 atom stereocenters. The molecule has 0 amide bonds. The van der Waals surface area contributed by atoms with E-state index in [1.54, 1.807) is 0 Å². The van der Waals surface area contributed by atoms with E-state index in [0.717, 1.165) is 58.9 Å². The molecule has 0 heterocycles. The largest absolute Gasteiger partial charge is 0.394 e. The molecular weight excluding hydrogens is 286 g/mol. The zero-order valence-corrected chi connectivity index (χ0v) is 14.4. The van der Waals surface area contributed by atoms with Gasteiger partial charge in [-0.3, -0.25) is 4.90 Å². The van der Waals surface area contributed by atoms with E-state index >= 15 is 0 Å². The molecule has 0 rings (SSSR count). The van der Waals surface area contributed by atoms with E-state index in [0.29, 0.717) is 26.4 Å². The summed E-state index contributed by atoms with van der Waals surface area (Å²) >= 11 is 0. The Balaban J connectivity index is 3.66. The molecule has 0 bridgehead atoms. The Morgan fingerprint density at radius 2 is 1.00 bits per heavy atom. The molecule has 0 spiro atoms. The third-order valence-corrected chi connectivity index (χ3v) is 2.96. The quantitative estimate of drug-likeness (QED) is 0.382. The first kappa shape index (κ1) is 21.8. The summed E-state index contributed by atoms with van der Waals surface area (Å²) in [6.45, 7) is 12.2. The average Bonchev–Trinajstić information content (AvgIpc) is 2.53. The molecule has 0 aliphatic rings. The second-order valence-corrected chi connectivity index (χ2v) is 5.01. The molecule has 6 heteroatoms. The van der Waals surface area contributed by atoms with Crippen LogP contribution in [-0.4, -0.2) is 89.1 Å². The summed E-state index contributed by atoms with van der Waals surface area (Å²) in [5.41, 5.74) is 0. The fourth-order valence-corrected chi connectivity index (χ4v) is 1.80. The van der Waals surface area contributed by atoms with Crippen LogP contribution in [-0.2, 0) is 18.9 Å². The van der Waals surface area contributed by atoms with Crippen LogP contribution in [0.5, 0.6) is 0 Å². The summed E-state index contributed by atoms with van der Waals surface area (Å²) in [6.07, 6.45) is 2.10. The third-order valence-electron chi connectivity index (χ3n) is 2.96. The van der Waals surface area contributed by atoms with Gasteiger partial charge in [0.2, 0.25) is 0 Å². The van der Waals surface area contributed by atoms with Gasteiger partial charge in [-0.1, -0.05) is 13.8 Å². The van der Waals surface area contributed by atoms with Crippen molar-refractivity contribution in [2.75, 3.05) is 79.1 Å². The van der Waals surface area contributed by atoms with E-state index in [9.17, 15) is 0 Å². The number of aliphatic hydroxyl groups is 1. The van der Waals surface area contributed by atoms with Crippen molar-refractivity contribution >= 4 is 0 Å². The molecule has 0 aliphatic carbocycles. The van der Waals surface area contributed by atoms with Crippen molar-refractivity contribution in [3.05, 3.63) is 0 Å². The maximum Gasteiger partial charge on any atom is 0.0701 e. The van der Waals surface area contributed by atoms with Gasteiger partial charge in [-0.05, 0) is 12.8 Å². The number of hydrogen-bond acceptors (Lipinski definition) is 6. The molecule has 0 unspecified atom stereocenters. The monoisotopic (exact) mass is 321 g/mol. The predicted octanol–water partition coefficient (Wildman–Crippen LogP) is 1.17. The molecule has 22 heavy (non-hydrogen) atoms. The highest BCUT2D eigenvalue weighted by Gasteiger charge is 2.05. The molecule has 0 fully saturated rings. The molecule has 0 aromatic rings. The van der Waals surface area contributed by atoms with Gasteiger partial charge in [-0.25, -0.2) is 0 Å². The van der Waals surface area contributed by atoms with E-state index in [2.05, 4.69) is 18.7 Å². The minimum Gasteiger partial charge on any atom is -0.394 e. The van der Waals surface area contributed by atoms with Crippen LogP contribution in [0.3, 0.4) is 0 Å². The van der Waals surface area contributed by atoms with Crippen LogP contribution in [0.25, 0.3) is 0 Å². The van der Waals surface area contributed by atoms with E-state index in [1.807, 2.05) is 0 Å². The summed E-state index contributed by atoms with van der Waals surface area (Å²) in [5, 5.41) is 8.59. The average molecular weight is 321 g/mol. The minimum absolute atomic E-state index is 0.0588. The van der Waals surface area contributed by atoms with Gasteiger partial charge in [0, 0.05) is 32.8 Å². The SMILES string of the molecule is CCCOCCN(CCOCCC)CCOCCOCCO. The van der Waals surface area contributed by atoms with Crippen LogP contribution in [0.15, 0.2) is 0 Å². The Bertz CT molecular complexity index is 195. The maximum atomic E-state index is 8.59. The minimum atomic E-state index is 0.0588. The van der Waals surface area contributed by atoms with Crippen LogP contribution in [0.1, 0.15) is 26.7 Å². The van der Waals surface area contributed by atoms with Crippen LogP contribution < -0.4 is 0 Å². The molecule has 0 saturated carbocycles. The van der Waals surface area contributed by atoms with Crippen molar-refractivity contribution < 1.29 is 24.1 Å². The number of aliphatic hydroxyl groups excluding tert-OH is 1. The lowest BCUT2D eigenvalue weighted by Gasteiger charge is -2.22. The molecule has 0 aliphatic heterocycles. The summed E-state index contributed by atoms with van der Waals surface area (Å²) in [6, 6.07) is 0. The van der Waals surface area contributed by atoms with Gasteiger partial charge in [-0.2, -0.15) is 0 Å². The van der Waals surface area contributed by atoms with E-state index in [1.165, 1.54) is 0 Å². The van der Waals surface area contributed by atoms with Crippen molar-refractivity contribution in [3.8, 4) is 0 Å². The first-order valence-electron chi connectivity index (χ1n) is 8.49. The molecular formula is C16H35NO5. The van der Waals surface area contributed by atoms with Crippen molar-refractivity contribution in [3.63, 3.8) is 0 Å². The highest BCUT2D eigenvalue weighted by Crippen LogP contribution is 1.93. The number of nitrogens with zero attached hydrogens (tertiary/aromatic N) is 1. The van der Waals surface area contributed by atoms with Gasteiger partial charge in [0.05, 0.1) is 46.2 Å². The van der Waals surface area contributed by atoms with Gasteiger partial charge in [0.25, 0.3) is 0 Å². The highest BCUT2D eigenvalue weighted by atomic mass is 16.5. The Kier molecular flexibility index (Phi) is 18.6. The summed E-state index contributed by atoms with van der Waals surface area (Å²) in [4.78, 5) is 2.31. The Morgan fingerprint density at radius 1 is 0.591 bits per heavy atom. The van der Waals surface area contributed by atoms with E-state index < -0.39 is 0 Å². The lowest BCUT2D eigenvalue weighted by molar-refractivity contribution is 0.0188. The summed E-state index contributed by atoms with van der Waals surface area (Å²) in [7, 11) is 0. The van der Waals surface area contributed by atoms with Gasteiger partial charge < -0.3 is 24.1 Å². The number of rotatable bonds is 18. The summed E-state index contributed by atoms with van der Waals surface area (Å²) < 4.78 is 21.8. The van der Waals surface area contributed by atoms with Crippen LogP contribution >= 0.6 is 0 Å². The standard InChI is InChI=1S/C16H35NO5/c1-3-9-19-11-5-17(6-12-20-10-4-2)7-13-21-15-16-22-14-8-18/h18H,3-16H2,1-2H3. The van der Waals surface area contributed by atoms with Gasteiger partial charge in [-0.15, -0.1) is 0 Å². The zero-order valence-electron chi connectivity index (χ0n) is 14.4. The smallest absolute Gasteiger partial charge is 0.0701 e. The highest BCUT2D eigenvalue weighted by molar-refractivity contribution is 4.57. The second kappa shape index (κ2) is 18.8. The van der Waals surface area contributed by atoms with E-state index in [-0.39, 0.29) is 6.61 Å². The topological polar surface area (TPSA) is 60.4 Å². The Labute approximate surface area is 135 Å². The first-order chi connectivity index (χ1) is 10.8. The molecule has 0 saturated heterocycles. The zero-order chi connectivity index (χ0) is 16.3. The van der Waals surface area contributed by atoms with Gasteiger partial charge >= 0.3 is 0 Å². The van der Waals surface area contributed by atoms with Crippen molar-refractivity contribution in [1.29, 1.82) is 0 Å². The molecule has 1 N–H and O–H groups in total. The molecule has 0 aromatic heterocycles. The van der Waals surface area contributed by atoms with Gasteiger partial charge in [0.15, 0.2) is 0 Å². The fraction of sp³-hybridized carbons (Fsp3) is 1.00. The van der Waals surface area contributed by atoms with Crippen LogP contribution in [0, 0.1) is 0 Å². The lowest BCUT2D eigenvalue weighted by atomic mass is 10.4. The third kappa shape index (κ3) is 16.1. The lowest BCUT2D eigenvalue weighted by Crippen LogP contribution is -2.34. The maximum absolute atomic E-state index is 8.59. The fourth-order valence-electron chi connectivity index (χ4n) is 1.80. The molecule has 6 nitrogen and oxygen atoms in total. The molecule has 134 valence electrons. The summed E-state index contributed by atoms with van der Waals surface area (Å²) in [5.74, 6) is 0. The van der Waals surface area contributed by atoms with Crippen molar-refractivity contribution in [1.82, 2.24) is 4.90 Å². The molecule has 0 radical (unpaired) electrons. The predicted molar refractivity (Wildman–Crippen MR) is 87.4 cm³/mol. The molecule has 0 aromatic carbocycles. The second-order valence-electron chi connectivity index (χ2n) is 5.01. The van der Waals surface area contributed by atoms with E-state index in [4.69, 9.17) is 24.1 Å². The number of ether oxygens (including phenoxy) is 4. The van der Waals surface area contributed by atoms with Crippen molar-refractivity contribution in [2.24, 2.45) is 0 Å². The number of hydrogen-bond donors (Lipinski definition) is 1. The Hall–Kier alpha value is -0.240. The van der Waals surface area contributed by atoms with Crippen LogP contribution in [0.2, 0.25) is 0 Å². The first-order valence-corrected chi connectivity index (χ1v) is 8.49. The Morgan fingerprint density at radius 3 is 1.41 bits per heavy atom.